The fraction of sp³-hybridized carbons (Fsp3) is 0.444. The molecule has 3 heterocycles. The van der Waals surface area contributed by atoms with Crippen molar-refractivity contribution in [1.29, 1.82) is 0 Å². The number of nitrogens with one attached hydrogen (secondary N) is 2. The number of halogens is 1. The summed E-state index contributed by atoms with van der Waals surface area (Å²) < 4.78 is 0.713. The van der Waals surface area contributed by atoms with Crippen LogP contribution in [0.1, 0.15) is 53.2 Å². The van der Waals surface area contributed by atoms with Gasteiger partial charge in [-0.1, -0.05) is 35.2 Å². The number of pyridine rings is 1. The van der Waals surface area contributed by atoms with Crippen molar-refractivity contribution in [1.82, 2.24) is 25.4 Å². The van der Waals surface area contributed by atoms with Gasteiger partial charge in [0, 0.05) is 18.9 Å². The summed E-state index contributed by atoms with van der Waals surface area (Å²) in [6.07, 6.45) is 4.52. The Labute approximate surface area is 184 Å². The third-order valence-corrected chi connectivity index (χ3v) is 7.37. The van der Waals surface area contributed by atoms with Crippen LogP contribution in [0.2, 0.25) is 0 Å². The van der Waals surface area contributed by atoms with Crippen LogP contribution in [0.15, 0.2) is 22.8 Å². The summed E-state index contributed by atoms with van der Waals surface area (Å²) in [5.41, 5.74) is 0.703. The van der Waals surface area contributed by atoms with E-state index in [9.17, 15) is 4.79 Å². The number of aromatic nitrogens is 5. The van der Waals surface area contributed by atoms with Crippen LogP contribution in [0.5, 0.6) is 0 Å². The molecule has 0 aromatic carbocycles. The quantitative estimate of drug-likeness (QED) is 0.495. The van der Waals surface area contributed by atoms with E-state index in [1.807, 2.05) is 25.2 Å². The molecule has 1 fully saturated rings. The van der Waals surface area contributed by atoms with Crippen molar-refractivity contribution in [2.24, 2.45) is 0 Å². The monoisotopic (exact) mass is 493 g/mol. The highest BCUT2D eigenvalue weighted by Gasteiger charge is 2.29. The van der Waals surface area contributed by atoms with E-state index in [1.165, 1.54) is 11.3 Å². The Morgan fingerprint density at radius 1 is 1.10 bits per heavy atom. The fourth-order valence-corrected chi connectivity index (χ4v) is 5.60. The number of carbonyl (C=O) groups excluding carboxylic acids is 1. The van der Waals surface area contributed by atoms with Crippen LogP contribution in [-0.2, 0) is 11.2 Å². The molecule has 0 saturated heterocycles. The lowest BCUT2D eigenvalue weighted by Gasteiger charge is -2.25. The van der Waals surface area contributed by atoms with Gasteiger partial charge in [-0.3, -0.25) is 4.79 Å². The number of hydrogen-bond donors (Lipinski definition) is 2. The summed E-state index contributed by atoms with van der Waals surface area (Å²) in [4.78, 5) is 16.6. The molecule has 2 atom stereocenters. The highest BCUT2D eigenvalue weighted by Crippen LogP contribution is 2.43. The first-order valence-corrected chi connectivity index (χ1v) is 11.8. The third kappa shape index (κ3) is 5.14. The number of hydrogen-bond acceptors (Lipinski definition) is 9. The first-order valence-electron chi connectivity index (χ1n) is 9.36. The molecule has 0 bridgehead atoms. The first kappa shape index (κ1) is 20.3. The predicted molar refractivity (Wildman–Crippen MR) is 118 cm³/mol. The van der Waals surface area contributed by atoms with Crippen molar-refractivity contribution in [3.63, 3.8) is 0 Å². The van der Waals surface area contributed by atoms with E-state index in [4.69, 9.17) is 0 Å². The van der Waals surface area contributed by atoms with Gasteiger partial charge in [-0.05, 0) is 47.3 Å². The molecule has 0 radical (unpaired) electrons. The van der Waals surface area contributed by atoms with Gasteiger partial charge in [0.2, 0.25) is 16.2 Å². The summed E-state index contributed by atoms with van der Waals surface area (Å²) in [6, 6.07) is 5.52. The van der Waals surface area contributed by atoms with Gasteiger partial charge >= 0.3 is 0 Å². The summed E-state index contributed by atoms with van der Waals surface area (Å²) in [5.74, 6) is 0.594. The first-order chi connectivity index (χ1) is 14.1. The topological polar surface area (TPSA) is 106 Å². The average molecular weight is 494 g/mol. The van der Waals surface area contributed by atoms with Gasteiger partial charge in [-0.15, -0.1) is 20.4 Å². The molecular weight excluding hydrogens is 474 g/mol. The van der Waals surface area contributed by atoms with Gasteiger partial charge in [0.25, 0.3) is 0 Å². The average Bonchev–Trinajstić information content (AvgIpc) is 3.37. The van der Waals surface area contributed by atoms with E-state index >= 15 is 0 Å². The van der Waals surface area contributed by atoms with Gasteiger partial charge in [0.05, 0.1) is 12.1 Å². The molecule has 1 aliphatic rings. The number of anilines is 2. The summed E-state index contributed by atoms with van der Waals surface area (Å²) in [6.45, 7) is 0. The smallest absolute Gasteiger partial charge is 0.232 e. The van der Waals surface area contributed by atoms with Crippen LogP contribution in [0, 0.1) is 0 Å². The summed E-state index contributed by atoms with van der Waals surface area (Å²) >= 11 is 6.40. The second-order valence-electron chi connectivity index (χ2n) is 6.88. The van der Waals surface area contributed by atoms with Gasteiger partial charge in [-0.2, -0.15) is 0 Å². The molecule has 4 rings (SSSR count). The minimum atomic E-state index is -0.145. The molecule has 2 N–H and O–H groups in total. The normalized spacial score (nSPS) is 19.1. The zero-order chi connectivity index (χ0) is 20.2. The van der Waals surface area contributed by atoms with Crippen LogP contribution in [-0.4, -0.2) is 38.3 Å². The van der Waals surface area contributed by atoms with Crippen molar-refractivity contribution in [2.45, 2.75) is 43.9 Å². The van der Waals surface area contributed by atoms with Crippen molar-refractivity contribution in [3.8, 4) is 0 Å². The molecule has 29 heavy (non-hydrogen) atoms. The van der Waals surface area contributed by atoms with Crippen LogP contribution < -0.4 is 10.6 Å². The molecule has 1 amide bonds. The van der Waals surface area contributed by atoms with Crippen molar-refractivity contribution < 1.29 is 4.79 Å². The molecule has 1 unspecified atom stereocenters. The van der Waals surface area contributed by atoms with Crippen LogP contribution in [0.4, 0.5) is 10.3 Å². The Bertz CT molecular complexity index is 992. The molecule has 1 aliphatic carbocycles. The van der Waals surface area contributed by atoms with E-state index in [-0.39, 0.29) is 12.3 Å². The second kappa shape index (κ2) is 9.23. The third-order valence-electron chi connectivity index (χ3n) is 4.83. The molecule has 0 aliphatic heterocycles. The van der Waals surface area contributed by atoms with Gasteiger partial charge in [0.1, 0.15) is 14.6 Å². The molecule has 152 valence electrons. The van der Waals surface area contributed by atoms with Crippen LogP contribution >= 0.6 is 38.6 Å². The second-order valence-corrected chi connectivity index (χ2v) is 9.71. The minimum absolute atomic E-state index is 0.145. The standard InChI is InChI=1S/C18H20BrN7OS2/c1-20-17-25-23-15(28-17)10-4-2-5-11(8-10)16-24-26-18(29-16)22-14(27)9-12-6-3-7-13(19)21-12/h3,6-7,10-11H,2,4-5,8-9H2,1H3,(H,20,25)(H,22,26,27)/t10-,11?/m0/s1. The maximum atomic E-state index is 12.3. The number of carbonyl (C=O) groups is 1. The number of nitrogens with zero attached hydrogens (tertiary/aromatic N) is 5. The zero-order valence-corrected chi connectivity index (χ0v) is 19.0. The van der Waals surface area contributed by atoms with Gasteiger partial charge in [-0.25, -0.2) is 4.98 Å². The molecule has 3 aromatic heterocycles. The summed E-state index contributed by atoms with van der Waals surface area (Å²) in [7, 11) is 1.86. The van der Waals surface area contributed by atoms with Gasteiger partial charge < -0.3 is 10.6 Å². The zero-order valence-electron chi connectivity index (χ0n) is 15.8. The lowest BCUT2D eigenvalue weighted by atomic mass is 9.82. The Morgan fingerprint density at radius 3 is 2.45 bits per heavy atom. The molecule has 0 spiro atoms. The highest BCUT2D eigenvalue weighted by molar-refractivity contribution is 9.10. The van der Waals surface area contributed by atoms with Crippen molar-refractivity contribution in [3.05, 3.63) is 38.5 Å². The fourth-order valence-electron chi connectivity index (χ4n) is 3.47. The van der Waals surface area contributed by atoms with E-state index in [2.05, 4.69) is 51.9 Å². The molecular formula is C18H20BrN7OS2. The van der Waals surface area contributed by atoms with Crippen molar-refractivity contribution >= 4 is 54.8 Å². The Hall–Kier alpha value is -1.98. The molecule has 3 aromatic rings. The van der Waals surface area contributed by atoms with Crippen LogP contribution in [0.3, 0.4) is 0 Å². The van der Waals surface area contributed by atoms with E-state index in [1.54, 1.807) is 11.3 Å². The van der Waals surface area contributed by atoms with E-state index in [0.29, 0.717) is 27.3 Å². The van der Waals surface area contributed by atoms with Crippen molar-refractivity contribution in [2.75, 3.05) is 17.7 Å². The Morgan fingerprint density at radius 2 is 1.79 bits per heavy atom. The number of amides is 1. The Kier molecular flexibility index (Phi) is 6.46. The largest absolute Gasteiger partial charge is 0.363 e. The summed E-state index contributed by atoms with van der Waals surface area (Å²) in [5, 5.41) is 26.4. The molecule has 11 heteroatoms. The molecule has 1 saturated carbocycles. The highest BCUT2D eigenvalue weighted by atomic mass is 79.9. The van der Waals surface area contributed by atoms with E-state index in [0.717, 1.165) is 40.8 Å². The number of rotatable bonds is 6. The Balaban J connectivity index is 1.37. The lowest BCUT2D eigenvalue weighted by molar-refractivity contribution is -0.115. The molecule has 8 nitrogen and oxygen atoms in total. The maximum Gasteiger partial charge on any atom is 0.232 e. The van der Waals surface area contributed by atoms with E-state index < -0.39 is 0 Å². The minimum Gasteiger partial charge on any atom is -0.363 e. The maximum absolute atomic E-state index is 12.3. The SMILES string of the molecule is CNc1nnc([C@H]2CCCC(c3nnc(NC(=O)Cc4cccc(Br)n4)s3)C2)s1. The van der Waals surface area contributed by atoms with Crippen LogP contribution in [0.25, 0.3) is 0 Å². The lowest BCUT2D eigenvalue weighted by Crippen LogP contribution is -2.15. The van der Waals surface area contributed by atoms with Gasteiger partial charge in [0.15, 0.2) is 0 Å². The predicted octanol–water partition coefficient (Wildman–Crippen LogP) is 4.21.